The lowest BCUT2D eigenvalue weighted by molar-refractivity contribution is 0.0536. The van der Waals surface area contributed by atoms with Crippen LogP contribution in [0.3, 0.4) is 0 Å². The average molecular weight is 483 g/mol. The zero-order chi connectivity index (χ0) is 24.6. The first-order chi connectivity index (χ1) is 17.6. The van der Waals surface area contributed by atoms with E-state index in [4.69, 9.17) is 14.2 Å². The topological polar surface area (TPSA) is 88.8 Å². The molecule has 0 bridgehead atoms. The molecule has 0 N–H and O–H groups in total. The Morgan fingerprint density at radius 2 is 1.64 bits per heavy atom. The number of nitrogens with zero attached hydrogens (tertiary/aromatic N) is 4. The van der Waals surface area contributed by atoms with Crippen LogP contribution in [-0.4, -0.2) is 65.0 Å². The number of piperazine rings is 1. The SMILES string of the molecule is COc1cccc(C(=O)N2CCN(C(=O)c3cc(C4CC4)nc4onc(-c5ccccc5)c34)CC2)c1. The third-order valence-corrected chi connectivity index (χ3v) is 6.91. The van der Waals surface area contributed by atoms with Crippen molar-refractivity contribution in [2.24, 2.45) is 0 Å². The third kappa shape index (κ3) is 4.08. The van der Waals surface area contributed by atoms with Crippen LogP contribution in [0.2, 0.25) is 0 Å². The molecule has 8 nitrogen and oxygen atoms in total. The Labute approximate surface area is 208 Å². The highest BCUT2D eigenvalue weighted by Gasteiger charge is 2.32. The largest absolute Gasteiger partial charge is 0.497 e. The van der Waals surface area contributed by atoms with Crippen molar-refractivity contribution in [1.29, 1.82) is 0 Å². The van der Waals surface area contributed by atoms with Crippen molar-refractivity contribution >= 4 is 22.9 Å². The Kier molecular flexibility index (Phi) is 5.64. The molecule has 3 heterocycles. The van der Waals surface area contributed by atoms with Crippen LogP contribution >= 0.6 is 0 Å². The van der Waals surface area contributed by atoms with E-state index in [1.807, 2.05) is 47.4 Å². The summed E-state index contributed by atoms with van der Waals surface area (Å²) in [5, 5.41) is 4.93. The standard InChI is InChI=1S/C28H26N4O4/c1-35-21-9-5-8-20(16-21)27(33)31-12-14-32(15-13-31)28(34)22-17-23(18-10-11-18)29-26-24(22)25(30-36-26)19-6-3-2-4-7-19/h2-9,16-18H,10-15H2,1H3. The van der Waals surface area contributed by atoms with E-state index in [1.54, 1.807) is 30.2 Å². The minimum absolute atomic E-state index is 0.0614. The van der Waals surface area contributed by atoms with E-state index in [1.165, 1.54) is 0 Å². The molecule has 2 aliphatic rings. The molecule has 1 saturated carbocycles. The maximum atomic E-state index is 13.8. The lowest BCUT2D eigenvalue weighted by Gasteiger charge is -2.35. The van der Waals surface area contributed by atoms with Crippen molar-refractivity contribution in [3.8, 4) is 17.0 Å². The molecule has 8 heteroatoms. The number of hydrogen-bond acceptors (Lipinski definition) is 6. The molecule has 2 aromatic carbocycles. The van der Waals surface area contributed by atoms with Gasteiger partial charge in [0.15, 0.2) is 0 Å². The molecule has 2 fully saturated rings. The molecule has 1 aliphatic carbocycles. The van der Waals surface area contributed by atoms with Crippen LogP contribution in [-0.2, 0) is 0 Å². The highest BCUT2D eigenvalue weighted by atomic mass is 16.5. The molecule has 2 amide bonds. The molecule has 0 atom stereocenters. The molecular weight excluding hydrogens is 456 g/mol. The van der Waals surface area contributed by atoms with E-state index < -0.39 is 0 Å². The van der Waals surface area contributed by atoms with E-state index in [0.29, 0.717) is 65.8 Å². The van der Waals surface area contributed by atoms with Gasteiger partial charge in [-0.2, -0.15) is 0 Å². The second kappa shape index (κ2) is 9.11. The van der Waals surface area contributed by atoms with Crippen molar-refractivity contribution in [2.75, 3.05) is 33.3 Å². The number of carbonyl (C=O) groups excluding carboxylic acids is 2. The fraction of sp³-hybridized carbons (Fsp3) is 0.286. The first-order valence-corrected chi connectivity index (χ1v) is 12.2. The smallest absolute Gasteiger partial charge is 0.259 e. The number of aromatic nitrogens is 2. The zero-order valence-corrected chi connectivity index (χ0v) is 20.0. The van der Waals surface area contributed by atoms with Gasteiger partial charge in [0.05, 0.1) is 18.1 Å². The second-order valence-electron chi connectivity index (χ2n) is 9.26. The van der Waals surface area contributed by atoms with Gasteiger partial charge >= 0.3 is 0 Å². The van der Waals surface area contributed by atoms with Crippen molar-refractivity contribution in [3.63, 3.8) is 0 Å². The summed E-state index contributed by atoms with van der Waals surface area (Å²) in [6, 6.07) is 18.8. The average Bonchev–Trinajstić information content (AvgIpc) is 3.71. The maximum Gasteiger partial charge on any atom is 0.259 e. The molecule has 0 unspecified atom stereocenters. The number of rotatable bonds is 5. The van der Waals surface area contributed by atoms with Gasteiger partial charge in [0.1, 0.15) is 11.4 Å². The molecule has 6 rings (SSSR count). The summed E-state index contributed by atoms with van der Waals surface area (Å²) in [5.74, 6) is 0.862. The fourth-order valence-corrected chi connectivity index (χ4v) is 4.74. The summed E-state index contributed by atoms with van der Waals surface area (Å²) in [6.45, 7) is 1.81. The minimum Gasteiger partial charge on any atom is -0.497 e. The Bertz CT molecular complexity index is 1440. The number of ether oxygens (including phenoxy) is 1. The highest BCUT2D eigenvalue weighted by molar-refractivity contribution is 6.09. The number of methoxy groups -OCH3 is 1. The van der Waals surface area contributed by atoms with Crippen molar-refractivity contribution in [1.82, 2.24) is 19.9 Å². The number of hydrogen-bond donors (Lipinski definition) is 0. The van der Waals surface area contributed by atoms with Crippen molar-refractivity contribution in [3.05, 3.63) is 77.5 Å². The predicted molar refractivity (Wildman–Crippen MR) is 134 cm³/mol. The van der Waals surface area contributed by atoms with Crippen LogP contribution in [0.4, 0.5) is 0 Å². The van der Waals surface area contributed by atoms with Gasteiger partial charge < -0.3 is 19.1 Å². The van der Waals surface area contributed by atoms with E-state index >= 15 is 0 Å². The highest BCUT2D eigenvalue weighted by Crippen LogP contribution is 2.41. The lowest BCUT2D eigenvalue weighted by Crippen LogP contribution is -2.50. The van der Waals surface area contributed by atoms with Gasteiger partial charge in [-0.05, 0) is 37.1 Å². The number of amides is 2. The van der Waals surface area contributed by atoms with Crippen LogP contribution in [0.15, 0.2) is 65.2 Å². The third-order valence-electron chi connectivity index (χ3n) is 6.91. The van der Waals surface area contributed by atoms with Gasteiger partial charge in [0.2, 0.25) is 0 Å². The molecular formula is C28H26N4O4. The molecule has 2 aromatic heterocycles. The van der Waals surface area contributed by atoms with Crippen LogP contribution in [0.5, 0.6) is 5.75 Å². The molecule has 36 heavy (non-hydrogen) atoms. The summed E-state index contributed by atoms with van der Waals surface area (Å²) in [5.41, 5.74) is 3.92. The van der Waals surface area contributed by atoms with Crippen LogP contribution in [0.1, 0.15) is 45.2 Å². The molecule has 0 radical (unpaired) electrons. The Hall–Kier alpha value is -4.20. The monoisotopic (exact) mass is 482 g/mol. The maximum absolute atomic E-state index is 13.8. The number of carbonyl (C=O) groups is 2. The van der Waals surface area contributed by atoms with E-state index in [9.17, 15) is 9.59 Å². The van der Waals surface area contributed by atoms with Gasteiger partial charge in [0, 0.05) is 48.9 Å². The fourth-order valence-electron chi connectivity index (χ4n) is 4.74. The quantitative estimate of drug-likeness (QED) is 0.420. The predicted octanol–water partition coefficient (Wildman–Crippen LogP) is 4.37. The zero-order valence-electron chi connectivity index (χ0n) is 20.0. The normalized spacial score (nSPS) is 15.8. The van der Waals surface area contributed by atoms with Gasteiger partial charge in [-0.25, -0.2) is 4.98 Å². The van der Waals surface area contributed by atoms with E-state index in [0.717, 1.165) is 24.1 Å². The van der Waals surface area contributed by atoms with Crippen LogP contribution in [0, 0.1) is 0 Å². The van der Waals surface area contributed by atoms with E-state index in [-0.39, 0.29) is 11.8 Å². The van der Waals surface area contributed by atoms with Gasteiger partial charge in [0.25, 0.3) is 17.5 Å². The molecule has 1 aliphatic heterocycles. The minimum atomic E-state index is -0.0850. The van der Waals surface area contributed by atoms with Crippen LogP contribution < -0.4 is 4.74 Å². The summed E-state index contributed by atoms with van der Waals surface area (Å²) in [4.78, 5) is 35.1. The van der Waals surface area contributed by atoms with E-state index in [2.05, 4.69) is 5.16 Å². The van der Waals surface area contributed by atoms with Crippen molar-refractivity contribution in [2.45, 2.75) is 18.8 Å². The summed E-state index contributed by atoms with van der Waals surface area (Å²) >= 11 is 0. The van der Waals surface area contributed by atoms with Gasteiger partial charge in [-0.1, -0.05) is 41.6 Å². The first-order valence-electron chi connectivity index (χ1n) is 12.2. The summed E-state index contributed by atoms with van der Waals surface area (Å²) < 4.78 is 10.9. The lowest BCUT2D eigenvalue weighted by atomic mass is 10.0. The number of benzene rings is 2. The number of pyridine rings is 1. The molecule has 0 spiro atoms. The molecule has 182 valence electrons. The Morgan fingerprint density at radius 1 is 0.917 bits per heavy atom. The summed E-state index contributed by atoms with van der Waals surface area (Å²) in [7, 11) is 1.58. The Morgan fingerprint density at radius 3 is 2.33 bits per heavy atom. The van der Waals surface area contributed by atoms with Gasteiger partial charge in [-0.3, -0.25) is 9.59 Å². The van der Waals surface area contributed by atoms with Crippen LogP contribution in [0.25, 0.3) is 22.4 Å². The number of fused-ring (bicyclic) bond motifs is 1. The molecule has 4 aromatic rings. The Balaban J connectivity index is 1.27. The summed E-state index contributed by atoms with van der Waals surface area (Å²) in [6.07, 6.45) is 2.13. The first kappa shape index (κ1) is 22.3. The molecule has 1 saturated heterocycles. The second-order valence-corrected chi connectivity index (χ2v) is 9.26. The van der Waals surface area contributed by atoms with Gasteiger partial charge in [-0.15, -0.1) is 0 Å². The van der Waals surface area contributed by atoms with Crippen molar-refractivity contribution < 1.29 is 18.8 Å².